The molecule has 4 rings (SSSR count). The lowest BCUT2D eigenvalue weighted by molar-refractivity contribution is -0.143. The van der Waals surface area contributed by atoms with E-state index in [1.165, 1.54) is 12.8 Å². The minimum absolute atomic E-state index is 0.0619. The van der Waals surface area contributed by atoms with Crippen LogP contribution < -0.4 is 5.32 Å². The zero-order valence-electron chi connectivity index (χ0n) is 18.3. The highest BCUT2D eigenvalue weighted by Crippen LogP contribution is 2.32. The minimum Gasteiger partial charge on any atom is -0.481 e. The molecule has 3 heterocycles. The molecule has 2 amide bonds. The van der Waals surface area contributed by atoms with Gasteiger partial charge in [-0.25, -0.2) is 0 Å². The van der Waals surface area contributed by atoms with Crippen molar-refractivity contribution in [2.24, 2.45) is 17.8 Å². The van der Waals surface area contributed by atoms with Gasteiger partial charge in [0.1, 0.15) is 0 Å². The molecule has 31 heavy (non-hydrogen) atoms. The molecule has 7 heteroatoms. The average molecular weight is 428 g/mol. The Kier molecular flexibility index (Phi) is 6.60. The fraction of sp³-hybridized carbons (Fsp3) is 0.625. The van der Waals surface area contributed by atoms with Gasteiger partial charge in [-0.2, -0.15) is 0 Å². The third kappa shape index (κ3) is 4.92. The summed E-state index contributed by atoms with van der Waals surface area (Å²) in [6, 6.07) is 5.66. The first-order valence-corrected chi connectivity index (χ1v) is 11.5. The number of piperidine rings is 2. The van der Waals surface area contributed by atoms with E-state index in [2.05, 4.69) is 5.32 Å². The van der Waals surface area contributed by atoms with Crippen LogP contribution in [0, 0.1) is 17.8 Å². The maximum atomic E-state index is 13.2. The van der Waals surface area contributed by atoms with E-state index in [1.54, 1.807) is 11.9 Å². The van der Waals surface area contributed by atoms with E-state index in [4.69, 9.17) is 5.11 Å². The Hall–Kier alpha value is -2.41. The number of carboxylic acids is 1. The zero-order chi connectivity index (χ0) is 22.0. The van der Waals surface area contributed by atoms with Gasteiger partial charge in [-0.3, -0.25) is 14.4 Å². The first kappa shape index (κ1) is 21.8. The van der Waals surface area contributed by atoms with Crippen molar-refractivity contribution in [1.29, 1.82) is 0 Å². The van der Waals surface area contributed by atoms with Crippen molar-refractivity contribution in [1.82, 2.24) is 15.1 Å². The SMILES string of the molecule is CN1Cc2cc(C(=O)N3CCC(C4CCNCC4)CC3)ccc2C[C@H](CC(=O)O)C1=O. The second kappa shape index (κ2) is 9.39. The summed E-state index contributed by atoms with van der Waals surface area (Å²) in [4.78, 5) is 40.4. The molecular weight excluding hydrogens is 394 g/mol. The zero-order valence-corrected chi connectivity index (χ0v) is 18.3. The van der Waals surface area contributed by atoms with Crippen molar-refractivity contribution in [2.45, 2.75) is 45.1 Å². The minimum atomic E-state index is -0.963. The second-order valence-electron chi connectivity index (χ2n) is 9.39. The van der Waals surface area contributed by atoms with Crippen LogP contribution in [0.3, 0.4) is 0 Å². The summed E-state index contributed by atoms with van der Waals surface area (Å²) >= 11 is 0. The number of aliphatic carboxylic acids is 1. The van der Waals surface area contributed by atoms with Gasteiger partial charge in [0.05, 0.1) is 12.3 Å². The lowest BCUT2D eigenvalue weighted by Crippen LogP contribution is -2.42. The van der Waals surface area contributed by atoms with E-state index in [1.807, 2.05) is 23.1 Å². The van der Waals surface area contributed by atoms with Crippen LogP contribution in [0.15, 0.2) is 18.2 Å². The molecule has 0 bridgehead atoms. The number of carbonyl (C=O) groups is 3. The molecule has 0 unspecified atom stereocenters. The quantitative estimate of drug-likeness (QED) is 0.769. The largest absolute Gasteiger partial charge is 0.481 e. The van der Waals surface area contributed by atoms with E-state index >= 15 is 0 Å². The highest BCUT2D eigenvalue weighted by atomic mass is 16.4. The highest BCUT2D eigenvalue weighted by molar-refractivity contribution is 5.94. The van der Waals surface area contributed by atoms with Crippen LogP contribution in [0.5, 0.6) is 0 Å². The van der Waals surface area contributed by atoms with Crippen LogP contribution in [-0.2, 0) is 22.6 Å². The number of hydrogen-bond acceptors (Lipinski definition) is 4. The van der Waals surface area contributed by atoms with Gasteiger partial charge in [-0.15, -0.1) is 0 Å². The van der Waals surface area contributed by atoms with Crippen LogP contribution >= 0.6 is 0 Å². The number of nitrogens with one attached hydrogen (secondary N) is 1. The van der Waals surface area contributed by atoms with Crippen molar-refractivity contribution in [3.8, 4) is 0 Å². The molecule has 2 fully saturated rings. The standard InChI is InChI=1S/C24H33N3O4/c1-26-15-21-13-19(3-2-18(21)12-20(23(26)30)14-22(28)29)24(31)27-10-6-17(7-11-27)16-4-8-25-9-5-16/h2-3,13,16-17,20,25H,4-12,14-15H2,1H3,(H,28,29)/t20-/m1/s1. The predicted molar refractivity (Wildman–Crippen MR) is 117 cm³/mol. The number of rotatable bonds is 4. The Bertz CT molecular complexity index is 841. The van der Waals surface area contributed by atoms with Gasteiger partial charge in [-0.1, -0.05) is 6.07 Å². The van der Waals surface area contributed by atoms with Crippen LogP contribution in [-0.4, -0.2) is 65.9 Å². The van der Waals surface area contributed by atoms with Crippen molar-refractivity contribution in [3.63, 3.8) is 0 Å². The van der Waals surface area contributed by atoms with Gasteiger partial charge < -0.3 is 20.2 Å². The number of carbonyl (C=O) groups excluding carboxylic acids is 2. The highest BCUT2D eigenvalue weighted by Gasteiger charge is 2.32. The topological polar surface area (TPSA) is 90.0 Å². The van der Waals surface area contributed by atoms with E-state index in [-0.39, 0.29) is 18.2 Å². The summed E-state index contributed by atoms with van der Waals surface area (Å²) in [5.74, 6) is -0.0885. The summed E-state index contributed by atoms with van der Waals surface area (Å²) < 4.78 is 0. The van der Waals surface area contributed by atoms with Gasteiger partial charge in [0.15, 0.2) is 0 Å². The average Bonchev–Trinajstić information content (AvgIpc) is 2.89. The third-order valence-electron chi connectivity index (χ3n) is 7.35. The smallest absolute Gasteiger partial charge is 0.304 e. The predicted octanol–water partition coefficient (Wildman–Crippen LogP) is 2.14. The number of carboxylic acid groups (broad SMARTS) is 1. The Morgan fingerprint density at radius 1 is 1.06 bits per heavy atom. The summed E-state index contributed by atoms with van der Waals surface area (Å²) in [6.45, 7) is 4.25. The summed E-state index contributed by atoms with van der Waals surface area (Å²) in [5.41, 5.74) is 2.57. The summed E-state index contributed by atoms with van der Waals surface area (Å²) in [5, 5.41) is 12.6. The van der Waals surface area contributed by atoms with Gasteiger partial charge in [0.2, 0.25) is 5.91 Å². The van der Waals surface area contributed by atoms with E-state index in [0.717, 1.165) is 62.0 Å². The van der Waals surface area contributed by atoms with Crippen molar-refractivity contribution >= 4 is 17.8 Å². The monoisotopic (exact) mass is 427 g/mol. The van der Waals surface area contributed by atoms with Crippen LogP contribution in [0.2, 0.25) is 0 Å². The first-order chi connectivity index (χ1) is 14.9. The first-order valence-electron chi connectivity index (χ1n) is 11.5. The molecule has 1 atom stereocenters. The number of nitrogens with zero attached hydrogens (tertiary/aromatic N) is 2. The number of likely N-dealkylation sites (tertiary alicyclic amines) is 1. The molecule has 3 aliphatic heterocycles. The lowest BCUT2D eigenvalue weighted by Gasteiger charge is -2.38. The van der Waals surface area contributed by atoms with Crippen LogP contribution in [0.1, 0.15) is 53.6 Å². The number of amides is 2. The Morgan fingerprint density at radius 3 is 2.42 bits per heavy atom. The molecule has 1 aromatic rings. The van der Waals surface area contributed by atoms with Gasteiger partial charge in [-0.05, 0) is 80.3 Å². The molecule has 0 aliphatic carbocycles. The molecular formula is C24H33N3O4. The van der Waals surface area contributed by atoms with Crippen LogP contribution in [0.4, 0.5) is 0 Å². The van der Waals surface area contributed by atoms with E-state index in [9.17, 15) is 14.4 Å². The van der Waals surface area contributed by atoms with Gasteiger partial charge >= 0.3 is 5.97 Å². The van der Waals surface area contributed by atoms with Gasteiger partial charge in [0.25, 0.3) is 5.91 Å². The molecule has 1 aromatic carbocycles. The normalized spacial score (nSPS) is 23.4. The molecule has 2 saturated heterocycles. The third-order valence-corrected chi connectivity index (χ3v) is 7.35. The number of benzene rings is 1. The fourth-order valence-electron chi connectivity index (χ4n) is 5.55. The summed E-state index contributed by atoms with van der Waals surface area (Å²) in [7, 11) is 1.70. The van der Waals surface area contributed by atoms with E-state index in [0.29, 0.717) is 18.5 Å². The maximum Gasteiger partial charge on any atom is 0.304 e. The number of fused-ring (bicyclic) bond motifs is 1. The second-order valence-corrected chi connectivity index (χ2v) is 9.39. The van der Waals surface area contributed by atoms with Crippen LogP contribution in [0.25, 0.3) is 0 Å². The molecule has 0 spiro atoms. The number of hydrogen-bond donors (Lipinski definition) is 2. The van der Waals surface area contributed by atoms with Gasteiger partial charge in [0, 0.05) is 32.2 Å². The van der Waals surface area contributed by atoms with Crippen molar-refractivity contribution in [3.05, 3.63) is 34.9 Å². The molecule has 168 valence electrons. The maximum absolute atomic E-state index is 13.2. The van der Waals surface area contributed by atoms with Crippen molar-refractivity contribution < 1.29 is 19.5 Å². The Balaban J connectivity index is 1.43. The summed E-state index contributed by atoms with van der Waals surface area (Å²) in [6.07, 6.45) is 4.89. The molecule has 3 aliphatic rings. The Morgan fingerprint density at radius 2 is 1.74 bits per heavy atom. The molecule has 2 N–H and O–H groups in total. The van der Waals surface area contributed by atoms with Crippen molar-refractivity contribution in [2.75, 3.05) is 33.2 Å². The molecule has 0 aromatic heterocycles. The molecule has 0 radical (unpaired) electrons. The molecule has 0 saturated carbocycles. The fourth-order valence-corrected chi connectivity index (χ4v) is 5.55. The lowest BCUT2D eigenvalue weighted by atomic mass is 9.79. The van der Waals surface area contributed by atoms with E-state index < -0.39 is 11.9 Å². The Labute approximate surface area is 183 Å². The molecule has 7 nitrogen and oxygen atoms in total.